The number of halogens is 1. The highest BCUT2D eigenvalue weighted by Crippen LogP contribution is 2.36. The standard InChI is InChI=1S/C24H21ClN4O2/c1-14-3-6-21-19(11-14)27-23(31-21)15-7-9-29(10-8-15)22-17-5-4-16(25)12-20(17)28(2)24(30)18(22)13-26/h3-6,11-12,15H,7-10H2,1-2H3. The summed E-state index contributed by atoms with van der Waals surface area (Å²) < 4.78 is 7.51. The molecular formula is C24H21ClN4O2. The van der Waals surface area contributed by atoms with Crippen LogP contribution in [0, 0.1) is 18.3 Å². The Kier molecular flexibility index (Phi) is 4.71. The molecule has 0 N–H and O–H groups in total. The molecule has 0 saturated carbocycles. The Labute approximate surface area is 184 Å². The summed E-state index contributed by atoms with van der Waals surface area (Å²) in [6, 6.07) is 13.6. The summed E-state index contributed by atoms with van der Waals surface area (Å²) in [4.78, 5) is 19.7. The van der Waals surface area contributed by atoms with Gasteiger partial charge in [0.15, 0.2) is 11.5 Å². The Bertz CT molecular complexity index is 1420. The van der Waals surface area contributed by atoms with E-state index in [1.165, 1.54) is 4.57 Å². The lowest BCUT2D eigenvalue weighted by molar-refractivity contribution is 0.407. The lowest BCUT2D eigenvalue weighted by atomic mass is 9.95. The van der Waals surface area contributed by atoms with Gasteiger partial charge >= 0.3 is 0 Å². The third kappa shape index (κ3) is 3.26. The number of hydrogen-bond acceptors (Lipinski definition) is 5. The van der Waals surface area contributed by atoms with Crippen molar-refractivity contribution in [3.05, 3.63) is 68.8 Å². The minimum atomic E-state index is -0.302. The molecule has 1 saturated heterocycles. The Morgan fingerprint density at radius 3 is 2.71 bits per heavy atom. The van der Waals surface area contributed by atoms with E-state index in [0.29, 0.717) is 23.8 Å². The largest absolute Gasteiger partial charge is 0.440 e. The minimum absolute atomic E-state index is 0.174. The lowest BCUT2D eigenvalue weighted by Crippen LogP contribution is -2.35. The monoisotopic (exact) mass is 432 g/mol. The van der Waals surface area contributed by atoms with Crippen molar-refractivity contribution in [3.8, 4) is 6.07 Å². The molecule has 7 heteroatoms. The first-order valence-corrected chi connectivity index (χ1v) is 10.7. The number of pyridine rings is 1. The maximum atomic E-state index is 12.8. The maximum absolute atomic E-state index is 12.8. The van der Waals surface area contributed by atoms with Gasteiger partial charge in [-0.2, -0.15) is 5.26 Å². The van der Waals surface area contributed by atoms with Crippen molar-refractivity contribution in [2.24, 2.45) is 7.05 Å². The second-order valence-electron chi connectivity index (χ2n) is 8.15. The SMILES string of the molecule is Cc1ccc2oc(C3CCN(c4c(C#N)c(=O)n(C)c5cc(Cl)ccc45)CC3)nc2c1. The Morgan fingerprint density at radius 2 is 1.97 bits per heavy atom. The summed E-state index contributed by atoms with van der Waals surface area (Å²) in [5, 5.41) is 11.2. The van der Waals surface area contributed by atoms with Crippen LogP contribution >= 0.6 is 11.6 Å². The zero-order valence-corrected chi connectivity index (χ0v) is 18.1. The molecule has 0 amide bonds. The summed E-state index contributed by atoms with van der Waals surface area (Å²) in [6.07, 6.45) is 1.67. The van der Waals surface area contributed by atoms with Crippen molar-refractivity contribution in [3.63, 3.8) is 0 Å². The van der Waals surface area contributed by atoms with Crippen LogP contribution in [0.4, 0.5) is 5.69 Å². The number of benzene rings is 2. The minimum Gasteiger partial charge on any atom is -0.440 e. The molecule has 31 heavy (non-hydrogen) atoms. The van der Waals surface area contributed by atoms with Crippen LogP contribution in [0.15, 0.2) is 45.6 Å². The first-order valence-electron chi connectivity index (χ1n) is 10.3. The fourth-order valence-corrected chi connectivity index (χ4v) is 4.67. The topological polar surface area (TPSA) is 75.1 Å². The zero-order chi connectivity index (χ0) is 21.7. The van der Waals surface area contributed by atoms with Crippen molar-refractivity contribution < 1.29 is 4.42 Å². The summed E-state index contributed by atoms with van der Waals surface area (Å²) in [6.45, 7) is 3.46. The third-order valence-corrected chi connectivity index (χ3v) is 6.40. The molecule has 3 heterocycles. The van der Waals surface area contributed by atoms with Crippen molar-refractivity contribution in [1.82, 2.24) is 9.55 Å². The van der Waals surface area contributed by atoms with E-state index < -0.39 is 0 Å². The van der Waals surface area contributed by atoms with Crippen LogP contribution in [0.5, 0.6) is 0 Å². The van der Waals surface area contributed by atoms with Crippen molar-refractivity contribution in [1.29, 1.82) is 5.26 Å². The van der Waals surface area contributed by atoms with E-state index in [9.17, 15) is 10.1 Å². The summed E-state index contributed by atoms with van der Waals surface area (Å²) in [5.74, 6) is 0.975. The number of fused-ring (bicyclic) bond motifs is 2. The maximum Gasteiger partial charge on any atom is 0.270 e. The predicted molar refractivity (Wildman–Crippen MR) is 122 cm³/mol. The molecule has 2 aromatic carbocycles. The third-order valence-electron chi connectivity index (χ3n) is 6.16. The van der Waals surface area contributed by atoms with Gasteiger partial charge in [0.25, 0.3) is 5.56 Å². The van der Waals surface area contributed by atoms with Gasteiger partial charge in [-0.05, 0) is 55.7 Å². The van der Waals surface area contributed by atoms with Crippen LogP contribution in [0.3, 0.4) is 0 Å². The van der Waals surface area contributed by atoms with Gasteiger partial charge in [0.1, 0.15) is 17.1 Å². The lowest BCUT2D eigenvalue weighted by Gasteiger charge is -2.33. The molecule has 6 nitrogen and oxygen atoms in total. The highest BCUT2D eigenvalue weighted by atomic mass is 35.5. The van der Waals surface area contributed by atoms with Gasteiger partial charge in [-0.3, -0.25) is 4.79 Å². The number of oxazole rings is 1. The van der Waals surface area contributed by atoms with Gasteiger partial charge in [0.2, 0.25) is 0 Å². The van der Waals surface area contributed by atoms with Crippen LogP contribution < -0.4 is 10.5 Å². The van der Waals surface area contributed by atoms with Crippen molar-refractivity contribution in [2.75, 3.05) is 18.0 Å². The van der Waals surface area contributed by atoms with E-state index in [0.717, 1.165) is 46.3 Å². The molecule has 5 rings (SSSR count). The molecule has 2 aromatic heterocycles. The molecule has 0 atom stereocenters. The molecule has 0 aliphatic carbocycles. The van der Waals surface area contributed by atoms with Gasteiger partial charge in [-0.1, -0.05) is 17.7 Å². The van der Waals surface area contributed by atoms with Gasteiger partial charge < -0.3 is 13.9 Å². The van der Waals surface area contributed by atoms with Gasteiger partial charge in [0, 0.05) is 36.5 Å². The van der Waals surface area contributed by atoms with E-state index in [1.807, 2.05) is 31.2 Å². The summed E-state index contributed by atoms with van der Waals surface area (Å²) in [7, 11) is 1.67. The number of hydrogen-bond donors (Lipinski definition) is 0. The van der Waals surface area contributed by atoms with Crippen LogP contribution in [-0.2, 0) is 7.05 Å². The van der Waals surface area contributed by atoms with E-state index in [1.54, 1.807) is 19.2 Å². The molecule has 4 aromatic rings. The predicted octanol–water partition coefficient (Wildman–Crippen LogP) is 4.90. The number of aryl methyl sites for hydroxylation is 2. The van der Waals surface area contributed by atoms with Crippen LogP contribution in [-0.4, -0.2) is 22.6 Å². The van der Waals surface area contributed by atoms with E-state index in [-0.39, 0.29) is 17.0 Å². The van der Waals surface area contributed by atoms with Crippen LogP contribution in [0.2, 0.25) is 5.02 Å². The number of rotatable bonds is 2. The molecule has 0 unspecified atom stereocenters. The van der Waals surface area contributed by atoms with Gasteiger partial charge in [-0.25, -0.2) is 4.98 Å². The number of aromatic nitrogens is 2. The number of nitrogens with zero attached hydrogens (tertiary/aromatic N) is 4. The number of piperidine rings is 1. The molecule has 1 aliphatic heterocycles. The Hall–Kier alpha value is -3.30. The fourth-order valence-electron chi connectivity index (χ4n) is 4.50. The van der Waals surface area contributed by atoms with E-state index in [2.05, 4.69) is 11.0 Å². The fraction of sp³-hybridized carbons (Fsp3) is 0.292. The first-order chi connectivity index (χ1) is 15.0. The molecule has 1 aliphatic rings. The smallest absolute Gasteiger partial charge is 0.270 e. The second-order valence-corrected chi connectivity index (χ2v) is 8.58. The zero-order valence-electron chi connectivity index (χ0n) is 17.4. The van der Waals surface area contributed by atoms with E-state index >= 15 is 0 Å². The number of anilines is 1. The van der Waals surface area contributed by atoms with Gasteiger partial charge in [-0.15, -0.1) is 0 Å². The highest BCUT2D eigenvalue weighted by molar-refractivity contribution is 6.31. The number of nitriles is 1. The normalized spacial score (nSPS) is 15.0. The second kappa shape index (κ2) is 7.44. The van der Waals surface area contributed by atoms with Gasteiger partial charge in [0.05, 0.1) is 11.2 Å². The Morgan fingerprint density at radius 1 is 1.19 bits per heavy atom. The molecule has 0 spiro atoms. The molecule has 0 radical (unpaired) electrons. The summed E-state index contributed by atoms with van der Waals surface area (Å²) >= 11 is 6.17. The van der Waals surface area contributed by atoms with Crippen LogP contribution in [0.1, 0.15) is 35.8 Å². The molecular weight excluding hydrogens is 412 g/mol. The average Bonchev–Trinajstić information content (AvgIpc) is 3.19. The highest BCUT2D eigenvalue weighted by Gasteiger charge is 2.28. The van der Waals surface area contributed by atoms with Crippen molar-refractivity contribution in [2.45, 2.75) is 25.7 Å². The van der Waals surface area contributed by atoms with E-state index in [4.69, 9.17) is 21.0 Å². The molecule has 0 bridgehead atoms. The quantitative estimate of drug-likeness (QED) is 0.450. The first kappa shape index (κ1) is 19.7. The molecule has 156 valence electrons. The van der Waals surface area contributed by atoms with Crippen LogP contribution in [0.25, 0.3) is 22.0 Å². The Balaban J connectivity index is 1.49. The molecule has 1 fully saturated rings. The van der Waals surface area contributed by atoms with Crippen molar-refractivity contribution >= 4 is 39.3 Å². The summed E-state index contributed by atoms with van der Waals surface area (Å²) in [5.41, 5.74) is 4.15. The average molecular weight is 433 g/mol.